The van der Waals surface area contributed by atoms with Gasteiger partial charge in [-0.25, -0.2) is 0 Å². The highest BCUT2D eigenvalue weighted by Crippen LogP contribution is 2.30. The highest BCUT2D eigenvalue weighted by Gasteiger charge is 2.45. The van der Waals surface area contributed by atoms with Crippen LogP contribution in [0, 0.1) is 0 Å². The molecule has 2 fully saturated rings. The van der Waals surface area contributed by atoms with Crippen molar-refractivity contribution in [3.8, 4) is 0 Å². The van der Waals surface area contributed by atoms with Crippen LogP contribution in [0.25, 0.3) is 0 Å². The highest BCUT2D eigenvalue weighted by molar-refractivity contribution is 5.98. The molecule has 3 amide bonds. The lowest BCUT2D eigenvalue weighted by Crippen LogP contribution is -2.57. The predicted octanol–water partition coefficient (Wildman–Crippen LogP) is 0.245. The van der Waals surface area contributed by atoms with Crippen LogP contribution in [0.1, 0.15) is 42.5 Å². The number of amides is 3. The van der Waals surface area contributed by atoms with Crippen molar-refractivity contribution >= 4 is 23.7 Å². The van der Waals surface area contributed by atoms with Crippen molar-refractivity contribution in [3.63, 3.8) is 0 Å². The van der Waals surface area contributed by atoms with Gasteiger partial charge >= 0.3 is 5.97 Å². The number of fused-ring (bicyclic) bond motifs is 1. The third kappa shape index (κ3) is 4.46. The lowest BCUT2D eigenvalue weighted by Gasteiger charge is -2.34. The van der Waals surface area contributed by atoms with Gasteiger partial charge in [-0.15, -0.1) is 0 Å². The molecule has 31 heavy (non-hydrogen) atoms. The molecule has 3 aliphatic rings. The van der Waals surface area contributed by atoms with Gasteiger partial charge in [0.2, 0.25) is 18.1 Å². The molecule has 164 valence electrons. The molecule has 4 rings (SSSR count). The smallest absolute Gasteiger partial charge is 0.310 e. The minimum Gasteiger partial charge on any atom is -0.434 e. The van der Waals surface area contributed by atoms with E-state index in [1.54, 1.807) is 35.2 Å². The largest absolute Gasteiger partial charge is 0.434 e. The van der Waals surface area contributed by atoms with Crippen LogP contribution in [0.2, 0.25) is 0 Å². The van der Waals surface area contributed by atoms with E-state index in [0.29, 0.717) is 31.2 Å². The summed E-state index contributed by atoms with van der Waals surface area (Å²) in [5, 5.41) is 15.2. The Balaban J connectivity index is 1.49. The maximum atomic E-state index is 13.4. The molecule has 0 saturated carbocycles. The van der Waals surface area contributed by atoms with Gasteiger partial charge in [-0.2, -0.15) is 0 Å². The molecule has 3 heterocycles. The fourth-order valence-corrected chi connectivity index (χ4v) is 4.37. The Kier molecular flexibility index (Phi) is 6.03. The first kappa shape index (κ1) is 21.0. The van der Waals surface area contributed by atoms with E-state index in [1.807, 2.05) is 12.2 Å². The molecule has 3 N–H and O–H groups in total. The van der Waals surface area contributed by atoms with Crippen LogP contribution in [0.3, 0.4) is 0 Å². The summed E-state index contributed by atoms with van der Waals surface area (Å²) in [6.07, 6.45) is 4.42. The van der Waals surface area contributed by atoms with Gasteiger partial charge in [0.1, 0.15) is 18.1 Å². The zero-order chi connectivity index (χ0) is 22.0. The van der Waals surface area contributed by atoms with Crippen LogP contribution >= 0.6 is 0 Å². The molecular weight excluding hydrogens is 402 g/mol. The van der Waals surface area contributed by atoms with Gasteiger partial charge in [0, 0.05) is 11.6 Å². The number of cyclic esters (lactones) is 1. The average molecular weight is 427 g/mol. The summed E-state index contributed by atoms with van der Waals surface area (Å²) in [5.41, 5.74) is 0.452. The summed E-state index contributed by atoms with van der Waals surface area (Å²) < 4.78 is 4.67. The SMILES string of the molecule is O=C1CC(NC(=O)[C@@H]2CC[C@H]3CC=CC[C@H](NC(=O)c4ccccc4)C(=O)N32)C(O)O1. The lowest BCUT2D eigenvalue weighted by molar-refractivity contribution is -0.155. The average Bonchev–Trinajstić information content (AvgIpc) is 3.31. The van der Waals surface area contributed by atoms with Gasteiger partial charge in [-0.05, 0) is 37.8 Å². The number of carbonyl (C=O) groups is 4. The Bertz CT molecular complexity index is 902. The Hall–Kier alpha value is -3.20. The summed E-state index contributed by atoms with van der Waals surface area (Å²) >= 11 is 0. The number of ether oxygens (including phenoxy) is 1. The molecule has 1 aromatic carbocycles. The molecule has 0 radical (unpaired) electrons. The molecule has 2 unspecified atom stereocenters. The minimum absolute atomic E-state index is 0.116. The Morgan fingerprint density at radius 2 is 1.77 bits per heavy atom. The molecule has 3 aliphatic heterocycles. The van der Waals surface area contributed by atoms with Gasteiger partial charge < -0.3 is 25.4 Å². The predicted molar refractivity (Wildman–Crippen MR) is 108 cm³/mol. The number of esters is 1. The molecule has 9 nitrogen and oxygen atoms in total. The van der Waals surface area contributed by atoms with Crippen molar-refractivity contribution in [1.82, 2.24) is 15.5 Å². The molecule has 2 saturated heterocycles. The van der Waals surface area contributed by atoms with Gasteiger partial charge in [-0.1, -0.05) is 30.4 Å². The third-order valence-electron chi connectivity index (χ3n) is 5.96. The fraction of sp³-hybridized carbons (Fsp3) is 0.455. The van der Waals surface area contributed by atoms with Crippen LogP contribution in [0.15, 0.2) is 42.5 Å². The second-order valence-electron chi connectivity index (χ2n) is 8.03. The highest BCUT2D eigenvalue weighted by atomic mass is 16.6. The van der Waals surface area contributed by atoms with Gasteiger partial charge in [-0.3, -0.25) is 19.2 Å². The third-order valence-corrected chi connectivity index (χ3v) is 5.96. The number of aliphatic hydroxyl groups is 1. The normalized spacial score (nSPS) is 30.2. The number of rotatable bonds is 4. The van der Waals surface area contributed by atoms with Crippen molar-refractivity contribution in [1.29, 1.82) is 0 Å². The Morgan fingerprint density at radius 3 is 2.48 bits per heavy atom. The maximum absolute atomic E-state index is 13.4. The summed E-state index contributed by atoms with van der Waals surface area (Å²) in [5.74, 6) is -1.68. The molecule has 0 spiro atoms. The van der Waals surface area contributed by atoms with E-state index < -0.39 is 36.3 Å². The molecular formula is C22H25N3O6. The van der Waals surface area contributed by atoms with E-state index >= 15 is 0 Å². The number of benzene rings is 1. The first-order valence-corrected chi connectivity index (χ1v) is 10.4. The zero-order valence-electron chi connectivity index (χ0n) is 16.9. The second kappa shape index (κ2) is 8.89. The topological polar surface area (TPSA) is 125 Å². The van der Waals surface area contributed by atoms with Crippen molar-refractivity contribution in [2.45, 2.75) is 62.6 Å². The minimum atomic E-state index is -1.39. The molecule has 9 heteroatoms. The summed E-state index contributed by atoms with van der Waals surface area (Å²) in [6.45, 7) is 0. The van der Waals surface area contributed by atoms with Crippen molar-refractivity contribution in [3.05, 3.63) is 48.0 Å². The van der Waals surface area contributed by atoms with E-state index in [0.717, 1.165) is 0 Å². The van der Waals surface area contributed by atoms with Gasteiger partial charge in [0.25, 0.3) is 5.91 Å². The number of nitrogens with zero attached hydrogens (tertiary/aromatic N) is 1. The molecule has 5 atom stereocenters. The maximum Gasteiger partial charge on any atom is 0.310 e. The first-order valence-electron chi connectivity index (χ1n) is 10.4. The van der Waals surface area contributed by atoms with Crippen LogP contribution < -0.4 is 10.6 Å². The van der Waals surface area contributed by atoms with Crippen LogP contribution in [-0.2, 0) is 19.1 Å². The van der Waals surface area contributed by atoms with E-state index in [2.05, 4.69) is 15.4 Å². The van der Waals surface area contributed by atoms with E-state index in [1.165, 1.54) is 0 Å². The molecule has 0 aliphatic carbocycles. The number of carbonyl (C=O) groups excluding carboxylic acids is 4. The second-order valence-corrected chi connectivity index (χ2v) is 8.03. The van der Waals surface area contributed by atoms with Gasteiger partial charge in [0.05, 0.1) is 6.42 Å². The first-order chi connectivity index (χ1) is 14.9. The standard InChI is InChI=1S/C22H25N3O6/c26-18-12-16(22(30)31-18)24-20(28)17-11-10-14-8-4-5-9-15(21(29)25(14)17)23-19(27)13-6-2-1-3-7-13/h1-7,14-17,22,30H,8-12H2,(H,23,27)(H,24,28)/t14-,15+,16?,17+,22?/m1/s1. The number of aliphatic hydroxyl groups excluding tert-OH is 1. The number of hydrogen-bond donors (Lipinski definition) is 3. The molecule has 1 aromatic rings. The number of hydrogen-bond acceptors (Lipinski definition) is 6. The van der Waals surface area contributed by atoms with E-state index in [-0.39, 0.29) is 24.3 Å². The van der Waals surface area contributed by atoms with Crippen molar-refractivity contribution in [2.75, 3.05) is 0 Å². The molecule has 0 bridgehead atoms. The van der Waals surface area contributed by atoms with E-state index in [9.17, 15) is 24.3 Å². The lowest BCUT2D eigenvalue weighted by atomic mass is 10.0. The van der Waals surface area contributed by atoms with Crippen LogP contribution in [-0.4, -0.2) is 64.2 Å². The van der Waals surface area contributed by atoms with Crippen LogP contribution in [0.5, 0.6) is 0 Å². The van der Waals surface area contributed by atoms with Gasteiger partial charge in [0.15, 0.2) is 0 Å². The Morgan fingerprint density at radius 1 is 1.03 bits per heavy atom. The van der Waals surface area contributed by atoms with Crippen LogP contribution in [0.4, 0.5) is 0 Å². The number of nitrogens with one attached hydrogen (secondary N) is 2. The fourth-order valence-electron chi connectivity index (χ4n) is 4.37. The van der Waals surface area contributed by atoms with Crippen molar-refractivity contribution in [2.24, 2.45) is 0 Å². The van der Waals surface area contributed by atoms with E-state index in [4.69, 9.17) is 0 Å². The monoisotopic (exact) mass is 427 g/mol. The summed E-state index contributed by atoms with van der Waals surface area (Å²) in [4.78, 5) is 51.8. The summed E-state index contributed by atoms with van der Waals surface area (Å²) in [7, 11) is 0. The molecule has 0 aromatic heterocycles. The Labute approximate surface area is 179 Å². The van der Waals surface area contributed by atoms with Crippen molar-refractivity contribution < 1.29 is 29.0 Å². The summed E-state index contributed by atoms with van der Waals surface area (Å²) in [6, 6.07) is 6.13. The zero-order valence-corrected chi connectivity index (χ0v) is 16.9. The quantitative estimate of drug-likeness (QED) is 0.467.